The monoisotopic (exact) mass is 756 g/mol. The Kier molecular flexibility index (Phi) is 7.99. The Labute approximate surface area is 341 Å². The Morgan fingerprint density at radius 1 is 0.379 bits per heavy atom. The molecule has 1 spiro atoms. The highest BCUT2D eigenvalue weighted by atomic mass is 32.2. The second kappa shape index (κ2) is 13.7. The van der Waals surface area contributed by atoms with E-state index >= 15 is 0 Å². The molecule has 0 N–H and O–H groups in total. The van der Waals surface area contributed by atoms with Gasteiger partial charge in [0.25, 0.3) is 0 Å². The molecule has 1 aliphatic carbocycles. The first-order valence-electron chi connectivity index (χ1n) is 19.3. The highest BCUT2D eigenvalue weighted by molar-refractivity contribution is 7.99. The van der Waals surface area contributed by atoms with Gasteiger partial charge in [-0.05, 0) is 73.8 Å². The zero-order valence-corrected chi connectivity index (χ0v) is 32.0. The summed E-state index contributed by atoms with van der Waals surface area (Å²) in [5.74, 6) is 1.93. The molecule has 1 atom stereocenters. The molecule has 1 aromatic heterocycles. The number of nitriles is 1. The third-order valence-electron chi connectivity index (χ3n) is 11.5. The molecule has 11 rings (SSSR count). The Morgan fingerprint density at radius 2 is 0.879 bits per heavy atom. The minimum atomic E-state index is -0.588. The van der Waals surface area contributed by atoms with Crippen molar-refractivity contribution in [2.45, 2.75) is 15.2 Å². The molecule has 0 bridgehead atoms. The van der Waals surface area contributed by atoms with E-state index in [-0.39, 0.29) is 0 Å². The summed E-state index contributed by atoms with van der Waals surface area (Å²) in [6, 6.07) is 70.4. The Hall–Kier alpha value is -7.39. The van der Waals surface area contributed by atoms with Gasteiger partial charge in [-0.15, -0.1) is 0 Å². The number of aromatic nitrogens is 3. The van der Waals surface area contributed by atoms with Crippen LogP contribution in [-0.2, 0) is 5.41 Å². The molecule has 0 saturated heterocycles. The van der Waals surface area contributed by atoms with Gasteiger partial charge < -0.3 is 0 Å². The van der Waals surface area contributed by atoms with Crippen molar-refractivity contribution in [3.8, 4) is 73.6 Å². The van der Waals surface area contributed by atoms with Crippen molar-refractivity contribution >= 4 is 11.8 Å². The smallest absolute Gasteiger partial charge is 0.164 e. The van der Waals surface area contributed by atoms with E-state index in [0.717, 1.165) is 38.9 Å². The van der Waals surface area contributed by atoms with Crippen LogP contribution in [0.3, 0.4) is 0 Å². The van der Waals surface area contributed by atoms with Crippen molar-refractivity contribution < 1.29 is 0 Å². The number of benzene rings is 8. The molecular formula is C53H32N4S. The summed E-state index contributed by atoms with van der Waals surface area (Å²) in [6.45, 7) is 0. The van der Waals surface area contributed by atoms with Gasteiger partial charge >= 0.3 is 0 Å². The lowest BCUT2D eigenvalue weighted by Crippen LogP contribution is -2.32. The molecule has 0 radical (unpaired) electrons. The quantitative estimate of drug-likeness (QED) is 0.175. The average Bonchev–Trinajstić information content (AvgIpc) is 3.60. The first-order chi connectivity index (χ1) is 28.7. The molecule has 2 aliphatic rings. The van der Waals surface area contributed by atoms with Crippen molar-refractivity contribution in [3.63, 3.8) is 0 Å². The molecule has 8 aromatic carbocycles. The van der Waals surface area contributed by atoms with E-state index < -0.39 is 5.41 Å². The maximum absolute atomic E-state index is 9.31. The summed E-state index contributed by atoms with van der Waals surface area (Å²) in [4.78, 5) is 17.9. The van der Waals surface area contributed by atoms with E-state index in [4.69, 9.17) is 15.0 Å². The molecule has 2 heterocycles. The molecule has 0 amide bonds. The molecule has 1 unspecified atom stereocenters. The van der Waals surface area contributed by atoms with Gasteiger partial charge in [0, 0.05) is 26.5 Å². The van der Waals surface area contributed by atoms with Crippen LogP contribution in [0.1, 0.15) is 27.8 Å². The topological polar surface area (TPSA) is 62.5 Å². The summed E-state index contributed by atoms with van der Waals surface area (Å²) in [6.07, 6.45) is 0. The second-order valence-corrected chi connectivity index (χ2v) is 15.7. The van der Waals surface area contributed by atoms with Crippen LogP contribution in [0.25, 0.3) is 67.5 Å². The predicted octanol–water partition coefficient (Wildman–Crippen LogP) is 12.9. The Bertz CT molecular complexity index is 3020. The van der Waals surface area contributed by atoms with E-state index in [2.05, 4.69) is 140 Å². The van der Waals surface area contributed by atoms with Crippen LogP contribution < -0.4 is 0 Å². The number of nitrogens with zero attached hydrogens (tertiary/aromatic N) is 4. The molecule has 0 fully saturated rings. The highest BCUT2D eigenvalue weighted by Gasteiger charge is 2.51. The average molecular weight is 757 g/mol. The van der Waals surface area contributed by atoms with E-state index in [1.807, 2.05) is 72.4 Å². The number of hydrogen-bond acceptors (Lipinski definition) is 5. The lowest BCUT2D eigenvalue weighted by Gasteiger charge is -2.40. The first kappa shape index (κ1) is 33.9. The van der Waals surface area contributed by atoms with Gasteiger partial charge in [-0.3, -0.25) is 0 Å². The van der Waals surface area contributed by atoms with E-state index in [0.29, 0.717) is 23.0 Å². The van der Waals surface area contributed by atoms with Crippen molar-refractivity contribution in [1.82, 2.24) is 15.0 Å². The molecule has 5 heteroatoms. The van der Waals surface area contributed by atoms with Crippen LogP contribution in [0, 0.1) is 11.3 Å². The SMILES string of the molecule is N#Cc1ccc(-c2ccc(-c3cccc4c3Sc3ccccc3C43c4ccccc4-c4c(-c5nc(-c6ccccc6)nc(-c6ccccc6)n5)cccc43)cc2)cc1. The molecule has 9 aromatic rings. The van der Waals surface area contributed by atoms with Gasteiger partial charge in [0.05, 0.1) is 17.0 Å². The van der Waals surface area contributed by atoms with Gasteiger partial charge in [0.2, 0.25) is 0 Å². The summed E-state index contributed by atoms with van der Waals surface area (Å²) >= 11 is 1.85. The molecule has 4 nitrogen and oxygen atoms in total. The molecule has 0 saturated carbocycles. The van der Waals surface area contributed by atoms with Gasteiger partial charge in [-0.25, -0.2) is 15.0 Å². The van der Waals surface area contributed by atoms with Gasteiger partial charge in [0.15, 0.2) is 17.5 Å². The molecular weight excluding hydrogens is 725 g/mol. The van der Waals surface area contributed by atoms with Crippen LogP contribution in [-0.4, -0.2) is 15.0 Å². The first-order valence-corrected chi connectivity index (χ1v) is 20.1. The standard InChI is InChI=1S/C53H32N4S/c54-33-34-25-27-35(28-26-34)36-29-31-37(32-30-36)40-18-11-23-46-49(40)58-47-24-10-9-21-44(47)53(46)43-20-8-7-17-41(43)48-42(19-12-22-45(48)53)52-56-50(38-13-3-1-4-14-38)55-51(57-52)39-15-5-2-6-16-39/h1-32H. The van der Waals surface area contributed by atoms with E-state index in [1.54, 1.807) is 0 Å². The fourth-order valence-corrected chi connectivity index (χ4v) is 10.2. The molecule has 58 heavy (non-hydrogen) atoms. The number of fused-ring (bicyclic) bond motifs is 9. The summed E-state index contributed by atoms with van der Waals surface area (Å²) in [5, 5.41) is 9.31. The lowest BCUT2D eigenvalue weighted by atomic mass is 9.67. The zero-order chi connectivity index (χ0) is 38.6. The van der Waals surface area contributed by atoms with Gasteiger partial charge in [-0.1, -0.05) is 188 Å². The molecule has 270 valence electrons. The summed E-state index contributed by atoms with van der Waals surface area (Å²) in [7, 11) is 0. The van der Waals surface area contributed by atoms with E-state index in [9.17, 15) is 5.26 Å². The zero-order valence-electron chi connectivity index (χ0n) is 31.2. The van der Waals surface area contributed by atoms with Crippen molar-refractivity contribution in [2.24, 2.45) is 0 Å². The Morgan fingerprint density at radius 3 is 1.55 bits per heavy atom. The van der Waals surface area contributed by atoms with Crippen LogP contribution in [0.15, 0.2) is 204 Å². The van der Waals surface area contributed by atoms with Crippen LogP contribution in [0.4, 0.5) is 0 Å². The minimum Gasteiger partial charge on any atom is -0.208 e. The molecule has 1 aliphatic heterocycles. The second-order valence-electron chi connectivity index (χ2n) is 14.6. The van der Waals surface area contributed by atoms with Crippen molar-refractivity contribution in [1.29, 1.82) is 5.26 Å². The fourth-order valence-electron chi connectivity index (χ4n) is 8.89. The van der Waals surface area contributed by atoms with Gasteiger partial charge in [-0.2, -0.15) is 5.26 Å². The summed E-state index contributed by atoms with van der Waals surface area (Å²) in [5.41, 5.74) is 14.8. The summed E-state index contributed by atoms with van der Waals surface area (Å²) < 4.78 is 0. The Balaban J connectivity index is 1.14. The van der Waals surface area contributed by atoms with Crippen LogP contribution in [0.2, 0.25) is 0 Å². The minimum absolute atomic E-state index is 0.588. The fraction of sp³-hybridized carbons (Fsp3) is 0.0189. The lowest BCUT2D eigenvalue weighted by molar-refractivity contribution is 0.723. The van der Waals surface area contributed by atoms with Crippen molar-refractivity contribution in [2.75, 3.05) is 0 Å². The highest BCUT2D eigenvalue weighted by Crippen LogP contribution is 2.64. The largest absolute Gasteiger partial charge is 0.208 e. The van der Waals surface area contributed by atoms with Crippen molar-refractivity contribution in [3.05, 3.63) is 222 Å². The van der Waals surface area contributed by atoms with Gasteiger partial charge in [0.1, 0.15) is 0 Å². The number of rotatable bonds is 5. The predicted molar refractivity (Wildman–Crippen MR) is 233 cm³/mol. The van der Waals surface area contributed by atoms with Crippen LogP contribution in [0.5, 0.6) is 0 Å². The van der Waals surface area contributed by atoms with E-state index in [1.165, 1.54) is 43.2 Å². The maximum Gasteiger partial charge on any atom is 0.164 e. The third-order valence-corrected chi connectivity index (χ3v) is 12.7. The maximum atomic E-state index is 9.31. The number of hydrogen-bond donors (Lipinski definition) is 0. The third kappa shape index (κ3) is 5.27. The van der Waals surface area contributed by atoms with Crippen LogP contribution >= 0.6 is 11.8 Å². The normalized spacial score (nSPS) is 14.5.